The number of nitrogens with two attached hydrogens (primary N) is 1. The van der Waals surface area contributed by atoms with E-state index in [9.17, 15) is 0 Å². The highest BCUT2D eigenvalue weighted by molar-refractivity contribution is 7.11. The van der Waals surface area contributed by atoms with Crippen molar-refractivity contribution in [2.45, 2.75) is 26.6 Å². The second-order valence-corrected chi connectivity index (χ2v) is 5.65. The third-order valence-corrected chi connectivity index (χ3v) is 3.88. The van der Waals surface area contributed by atoms with Crippen molar-refractivity contribution in [2.75, 3.05) is 0 Å². The Hall–Kier alpha value is -0.820. The molecule has 6 heteroatoms. The molecule has 0 bridgehead atoms. The second kappa shape index (κ2) is 5.49. The van der Waals surface area contributed by atoms with Crippen LogP contribution in [0.2, 0.25) is 0 Å². The average Bonchev–Trinajstić information content (AvgIpc) is 2.88. The quantitative estimate of drug-likeness (QED) is 0.851. The maximum atomic E-state index is 5.51. The lowest BCUT2D eigenvalue weighted by atomic mass is 10.4. The van der Waals surface area contributed by atoms with E-state index in [1.165, 1.54) is 4.88 Å². The Bertz CT molecular complexity index is 449. The van der Waals surface area contributed by atoms with Gasteiger partial charge in [0, 0.05) is 36.1 Å². The summed E-state index contributed by atoms with van der Waals surface area (Å²) in [7, 11) is 0. The molecule has 2 heterocycles. The average molecular weight is 254 g/mol. The van der Waals surface area contributed by atoms with Crippen molar-refractivity contribution in [3.63, 3.8) is 0 Å². The first kappa shape index (κ1) is 11.7. The molecule has 2 rings (SSSR count). The van der Waals surface area contributed by atoms with E-state index in [-0.39, 0.29) is 0 Å². The zero-order valence-electron chi connectivity index (χ0n) is 9.06. The fourth-order valence-electron chi connectivity index (χ4n) is 1.32. The molecule has 0 aliphatic heterocycles. The maximum absolute atomic E-state index is 5.51. The van der Waals surface area contributed by atoms with Crippen LogP contribution < -0.4 is 11.1 Å². The fourth-order valence-corrected chi connectivity index (χ4v) is 2.76. The molecule has 0 saturated carbocycles. The minimum absolute atomic E-state index is 0.526. The highest BCUT2D eigenvalue weighted by atomic mass is 32.1. The lowest BCUT2D eigenvalue weighted by Crippen LogP contribution is -2.12. The number of nitrogens with one attached hydrogen (secondary N) is 1. The van der Waals surface area contributed by atoms with Gasteiger partial charge in [-0.3, -0.25) is 0 Å². The van der Waals surface area contributed by atoms with Crippen LogP contribution in [-0.4, -0.2) is 9.97 Å². The summed E-state index contributed by atoms with van der Waals surface area (Å²) in [6.07, 6.45) is 1.92. The molecule has 86 valence electrons. The molecule has 0 saturated heterocycles. The van der Waals surface area contributed by atoms with Gasteiger partial charge in [0.05, 0.1) is 10.7 Å². The fraction of sp³-hybridized carbons (Fsp3) is 0.400. The monoisotopic (exact) mass is 254 g/mol. The molecule has 0 radical (unpaired) electrons. The summed E-state index contributed by atoms with van der Waals surface area (Å²) in [5, 5.41) is 7.49. The molecule has 4 nitrogen and oxygen atoms in total. The Morgan fingerprint density at radius 2 is 2.31 bits per heavy atom. The van der Waals surface area contributed by atoms with Gasteiger partial charge in [-0.1, -0.05) is 0 Å². The van der Waals surface area contributed by atoms with Crippen molar-refractivity contribution in [3.05, 3.63) is 32.2 Å². The molecular formula is C10H14N4S2. The van der Waals surface area contributed by atoms with Gasteiger partial charge in [-0.25, -0.2) is 9.97 Å². The summed E-state index contributed by atoms with van der Waals surface area (Å²) in [5.41, 5.74) is 6.57. The second-order valence-electron chi connectivity index (χ2n) is 3.39. The number of hydrogen-bond donors (Lipinski definition) is 2. The number of aryl methyl sites for hydroxylation is 1. The molecule has 3 N–H and O–H groups in total. The van der Waals surface area contributed by atoms with Crippen molar-refractivity contribution in [3.8, 4) is 0 Å². The van der Waals surface area contributed by atoms with Gasteiger partial charge in [-0.2, -0.15) is 0 Å². The van der Waals surface area contributed by atoms with E-state index >= 15 is 0 Å². The van der Waals surface area contributed by atoms with Gasteiger partial charge < -0.3 is 11.1 Å². The molecule has 0 spiro atoms. The van der Waals surface area contributed by atoms with Crippen LogP contribution in [0.15, 0.2) is 11.6 Å². The van der Waals surface area contributed by atoms with E-state index in [0.29, 0.717) is 6.54 Å². The molecule has 0 aliphatic rings. The maximum Gasteiger partial charge on any atom is 0.106 e. The van der Waals surface area contributed by atoms with Crippen LogP contribution in [0.5, 0.6) is 0 Å². The van der Waals surface area contributed by atoms with Crippen LogP contribution in [-0.2, 0) is 19.6 Å². The third-order valence-electron chi connectivity index (χ3n) is 2.05. The number of thiazole rings is 2. The number of hydrogen-bond acceptors (Lipinski definition) is 6. The smallest absolute Gasteiger partial charge is 0.106 e. The standard InChI is InChI=1S/C10H14N4S2/c1-7-13-5-9(16-7)4-12-3-8-6-15-10(2-11)14-8/h5-6,12H,2-4,11H2,1H3. The van der Waals surface area contributed by atoms with Gasteiger partial charge in [0.2, 0.25) is 0 Å². The van der Waals surface area contributed by atoms with Crippen molar-refractivity contribution >= 4 is 22.7 Å². The predicted octanol–water partition coefficient (Wildman–Crippen LogP) is 1.66. The topological polar surface area (TPSA) is 63.8 Å². The van der Waals surface area contributed by atoms with Gasteiger partial charge in [0.15, 0.2) is 0 Å². The highest BCUT2D eigenvalue weighted by Gasteiger charge is 2.01. The van der Waals surface area contributed by atoms with Crippen LogP contribution in [0.4, 0.5) is 0 Å². The van der Waals surface area contributed by atoms with Gasteiger partial charge >= 0.3 is 0 Å². The molecule has 0 atom stereocenters. The summed E-state index contributed by atoms with van der Waals surface area (Å²) >= 11 is 3.34. The van der Waals surface area contributed by atoms with Crippen LogP contribution in [0.3, 0.4) is 0 Å². The van der Waals surface area contributed by atoms with E-state index in [4.69, 9.17) is 5.73 Å². The van der Waals surface area contributed by atoms with Gasteiger partial charge in [-0.05, 0) is 6.92 Å². The Balaban J connectivity index is 1.79. The Morgan fingerprint density at radius 1 is 1.44 bits per heavy atom. The lowest BCUT2D eigenvalue weighted by Gasteiger charge is -1.98. The third kappa shape index (κ3) is 3.08. The number of nitrogens with zero attached hydrogens (tertiary/aromatic N) is 2. The first-order valence-corrected chi connectivity index (χ1v) is 6.73. The summed E-state index contributed by atoms with van der Waals surface area (Å²) in [4.78, 5) is 9.85. The zero-order chi connectivity index (χ0) is 11.4. The van der Waals surface area contributed by atoms with Crippen LogP contribution in [0, 0.1) is 6.92 Å². The van der Waals surface area contributed by atoms with E-state index in [0.717, 1.165) is 28.8 Å². The van der Waals surface area contributed by atoms with Crippen LogP contribution in [0.25, 0.3) is 0 Å². The molecule has 0 amide bonds. The van der Waals surface area contributed by atoms with Crippen molar-refractivity contribution in [1.82, 2.24) is 15.3 Å². The Morgan fingerprint density at radius 3 is 2.94 bits per heavy atom. The lowest BCUT2D eigenvalue weighted by molar-refractivity contribution is 0.686. The minimum Gasteiger partial charge on any atom is -0.325 e. The molecule has 16 heavy (non-hydrogen) atoms. The summed E-state index contributed by atoms with van der Waals surface area (Å²) in [5.74, 6) is 0. The van der Waals surface area contributed by atoms with Gasteiger partial charge in [-0.15, -0.1) is 22.7 Å². The van der Waals surface area contributed by atoms with E-state index in [1.807, 2.05) is 18.5 Å². The first-order valence-electron chi connectivity index (χ1n) is 5.03. The Kier molecular flexibility index (Phi) is 4.00. The predicted molar refractivity (Wildman–Crippen MR) is 67.4 cm³/mol. The molecule has 0 aliphatic carbocycles. The van der Waals surface area contributed by atoms with E-state index in [1.54, 1.807) is 22.7 Å². The minimum atomic E-state index is 0.526. The largest absolute Gasteiger partial charge is 0.325 e. The van der Waals surface area contributed by atoms with Crippen molar-refractivity contribution in [2.24, 2.45) is 5.73 Å². The molecular weight excluding hydrogens is 240 g/mol. The molecule has 0 aromatic carbocycles. The molecule has 0 unspecified atom stereocenters. The molecule has 2 aromatic heterocycles. The normalized spacial score (nSPS) is 10.9. The van der Waals surface area contributed by atoms with Gasteiger partial charge in [0.1, 0.15) is 5.01 Å². The van der Waals surface area contributed by atoms with Gasteiger partial charge in [0.25, 0.3) is 0 Å². The summed E-state index contributed by atoms with van der Waals surface area (Å²) in [6.45, 7) is 4.18. The highest BCUT2D eigenvalue weighted by Crippen LogP contribution is 2.12. The van der Waals surface area contributed by atoms with E-state index < -0.39 is 0 Å². The number of rotatable bonds is 5. The first-order chi connectivity index (χ1) is 7.78. The summed E-state index contributed by atoms with van der Waals surface area (Å²) in [6, 6.07) is 0. The number of aromatic nitrogens is 2. The van der Waals surface area contributed by atoms with E-state index in [2.05, 4.69) is 15.3 Å². The van der Waals surface area contributed by atoms with Crippen molar-refractivity contribution < 1.29 is 0 Å². The van der Waals surface area contributed by atoms with Crippen LogP contribution in [0.1, 0.15) is 20.6 Å². The zero-order valence-corrected chi connectivity index (χ0v) is 10.7. The molecule has 0 fully saturated rings. The summed E-state index contributed by atoms with van der Waals surface area (Å²) < 4.78 is 0. The molecule has 2 aromatic rings. The van der Waals surface area contributed by atoms with Crippen LogP contribution >= 0.6 is 22.7 Å². The van der Waals surface area contributed by atoms with Crippen molar-refractivity contribution in [1.29, 1.82) is 0 Å². The SMILES string of the molecule is Cc1ncc(CNCc2csc(CN)n2)s1. The Labute approximate surface area is 103 Å².